The van der Waals surface area contributed by atoms with E-state index in [4.69, 9.17) is 13.9 Å². The molecule has 4 aromatic rings. The highest BCUT2D eigenvalue weighted by atomic mass is 16.6. The minimum Gasteiger partial charge on any atom is -0.482 e. The molecule has 7 heteroatoms. The van der Waals surface area contributed by atoms with Gasteiger partial charge in [-0.15, -0.1) is 0 Å². The van der Waals surface area contributed by atoms with Crippen molar-refractivity contribution in [2.24, 2.45) is 0 Å². The standard InChI is InChI=1S/C28H25NO6/c1-17-9-10-18(2)24(13-17)33-16-26(30)34-22-12-11-21-14-23(28(32)35-25(21)15-22)27(31)29-19(3)20-7-5-4-6-8-20/h4-15,19H,16H2,1-3H3,(H,29,31). The number of aryl methyl sites for hydroxylation is 2. The summed E-state index contributed by atoms with van der Waals surface area (Å²) in [6.45, 7) is 5.39. The van der Waals surface area contributed by atoms with E-state index in [1.165, 1.54) is 12.1 Å². The monoisotopic (exact) mass is 471 g/mol. The van der Waals surface area contributed by atoms with E-state index in [2.05, 4.69) is 5.32 Å². The van der Waals surface area contributed by atoms with Crippen molar-refractivity contribution in [1.29, 1.82) is 0 Å². The molecule has 7 nitrogen and oxygen atoms in total. The first-order valence-corrected chi connectivity index (χ1v) is 11.1. The van der Waals surface area contributed by atoms with E-state index in [1.54, 1.807) is 12.1 Å². The van der Waals surface area contributed by atoms with Gasteiger partial charge in [-0.1, -0.05) is 42.5 Å². The third-order valence-electron chi connectivity index (χ3n) is 5.52. The van der Waals surface area contributed by atoms with Crippen molar-refractivity contribution < 1.29 is 23.5 Å². The Labute approximate surface area is 202 Å². The molecule has 4 rings (SSSR count). The number of hydrogen-bond acceptors (Lipinski definition) is 6. The van der Waals surface area contributed by atoms with Crippen LogP contribution in [0.15, 0.2) is 82.0 Å². The van der Waals surface area contributed by atoms with E-state index >= 15 is 0 Å². The number of hydrogen-bond donors (Lipinski definition) is 1. The number of carbonyl (C=O) groups is 2. The number of benzene rings is 3. The summed E-state index contributed by atoms with van der Waals surface area (Å²) in [6.07, 6.45) is 0. The largest absolute Gasteiger partial charge is 0.482 e. The molecule has 0 saturated heterocycles. The highest BCUT2D eigenvalue weighted by Gasteiger charge is 2.17. The summed E-state index contributed by atoms with van der Waals surface area (Å²) in [6, 6.07) is 20.9. The van der Waals surface area contributed by atoms with Crippen LogP contribution in [0.4, 0.5) is 0 Å². The molecular weight excluding hydrogens is 446 g/mol. The van der Waals surface area contributed by atoms with Crippen LogP contribution in [0.25, 0.3) is 11.0 Å². The summed E-state index contributed by atoms with van der Waals surface area (Å²) >= 11 is 0. The Morgan fingerprint density at radius 2 is 1.74 bits per heavy atom. The van der Waals surface area contributed by atoms with Crippen molar-refractivity contribution in [3.05, 3.63) is 105 Å². The number of nitrogens with one attached hydrogen (secondary N) is 1. The molecule has 3 aromatic carbocycles. The van der Waals surface area contributed by atoms with Gasteiger partial charge in [-0.25, -0.2) is 9.59 Å². The van der Waals surface area contributed by atoms with Gasteiger partial charge in [0.05, 0.1) is 6.04 Å². The first-order valence-electron chi connectivity index (χ1n) is 11.1. The minimum absolute atomic E-state index is 0.105. The molecule has 0 radical (unpaired) electrons. The van der Waals surface area contributed by atoms with Crippen LogP contribution in [0.5, 0.6) is 11.5 Å². The molecule has 0 spiro atoms. The second-order valence-electron chi connectivity index (χ2n) is 8.28. The van der Waals surface area contributed by atoms with Crippen LogP contribution >= 0.6 is 0 Å². The average molecular weight is 472 g/mol. The number of carbonyl (C=O) groups excluding carboxylic acids is 2. The van der Waals surface area contributed by atoms with E-state index < -0.39 is 17.5 Å². The second-order valence-corrected chi connectivity index (χ2v) is 8.28. The summed E-state index contributed by atoms with van der Waals surface area (Å²) in [5, 5.41) is 3.33. The molecule has 0 aliphatic carbocycles. The molecule has 35 heavy (non-hydrogen) atoms. The van der Waals surface area contributed by atoms with Gasteiger partial charge in [0.1, 0.15) is 22.6 Å². The van der Waals surface area contributed by atoms with E-state index in [0.717, 1.165) is 16.7 Å². The zero-order chi connectivity index (χ0) is 24.9. The maximum absolute atomic E-state index is 12.7. The molecule has 1 unspecified atom stereocenters. The number of fused-ring (bicyclic) bond motifs is 1. The van der Waals surface area contributed by atoms with Crippen LogP contribution in [0.3, 0.4) is 0 Å². The van der Waals surface area contributed by atoms with E-state index in [1.807, 2.05) is 69.3 Å². The molecule has 1 aromatic heterocycles. The van der Waals surface area contributed by atoms with Crippen LogP contribution in [0.2, 0.25) is 0 Å². The van der Waals surface area contributed by atoms with Crippen LogP contribution in [0.1, 0.15) is 40.0 Å². The summed E-state index contributed by atoms with van der Waals surface area (Å²) in [4.78, 5) is 37.4. The Bertz CT molecular complexity index is 1440. The van der Waals surface area contributed by atoms with Crippen molar-refractivity contribution in [3.8, 4) is 11.5 Å². The Balaban J connectivity index is 1.44. The lowest BCUT2D eigenvalue weighted by atomic mass is 10.1. The normalized spacial score (nSPS) is 11.6. The van der Waals surface area contributed by atoms with Gasteiger partial charge in [-0.2, -0.15) is 0 Å². The zero-order valence-electron chi connectivity index (χ0n) is 19.7. The molecule has 1 amide bonds. The molecular formula is C28H25NO6. The molecule has 1 heterocycles. The lowest BCUT2D eigenvalue weighted by molar-refractivity contribution is -0.136. The van der Waals surface area contributed by atoms with Crippen molar-refractivity contribution in [1.82, 2.24) is 5.32 Å². The van der Waals surface area contributed by atoms with Gasteiger partial charge < -0.3 is 19.2 Å². The molecule has 1 N–H and O–H groups in total. The van der Waals surface area contributed by atoms with Gasteiger partial charge in [0.15, 0.2) is 6.61 Å². The lowest BCUT2D eigenvalue weighted by Gasteiger charge is -2.14. The molecule has 1 atom stereocenters. The fourth-order valence-electron chi connectivity index (χ4n) is 3.57. The fourth-order valence-corrected chi connectivity index (χ4v) is 3.57. The number of esters is 1. The average Bonchev–Trinajstić information content (AvgIpc) is 2.84. The van der Waals surface area contributed by atoms with Gasteiger partial charge in [0.25, 0.3) is 5.91 Å². The number of amides is 1. The van der Waals surface area contributed by atoms with Crippen molar-refractivity contribution in [3.63, 3.8) is 0 Å². The Kier molecular flexibility index (Phi) is 6.96. The SMILES string of the molecule is Cc1ccc(C)c(OCC(=O)Oc2ccc3cc(C(=O)NC(C)c4ccccc4)c(=O)oc3c2)c1. The van der Waals surface area contributed by atoms with E-state index in [0.29, 0.717) is 11.1 Å². The first-order chi connectivity index (χ1) is 16.8. The lowest BCUT2D eigenvalue weighted by Crippen LogP contribution is -2.30. The Hall–Kier alpha value is -4.39. The molecule has 0 fully saturated rings. The van der Waals surface area contributed by atoms with Gasteiger partial charge in [0.2, 0.25) is 0 Å². The first kappa shape index (κ1) is 23.8. The summed E-state index contributed by atoms with van der Waals surface area (Å²) in [5.41, 5.74) is 2.16. The zero-order valence-corrected chi connectivity index (χ0v) is 19.7. The van der Waals surface area contributed by atoms with Gasteiger partial charge >= 0.3 is 11.6 Å². The maximum Gasteiger partial charge on any atom is 0.349 e. The molecule has 0 saturated carbocycles. The number of ether oxygens (including phenoxy) is 2. The molecule has 0 aliphatic heterocycles. The second kappa shape index (κ2) is 10.3. The van der Waals surface area contributed by atoms with Crippen LogP contribution in [0, 0.1) is 13.8 Å². The van der Waals surface area contributed by atoms with E-state index in [-0.39, 0.29) is 29.5 Å². The predicted molar refractivity (Wildman–Crippen MR) is 132 cm³/mol. The summed E-state index contributed by atoms with van der Waals surface area (Å²) in [7, 11) is 0. The van der Waals surface area contributed by atoms with Gasteiger partial charge in [0, 0.05) is 11.5 Å². The third-order valence-corrected chi connectivity index (χ3v) is 5.52. The Morgan fingerprint density at radius 1 is 0.971 bits per heavy atom. The highest BCUT2D eigenvalue weighted by molar-refractivity contribution is 5.97. The van der Waals surface area contributed by atoms with E-state index in [9.17, 15) is 14.4 Å². The van der Waals surface area contributed by atoms with Gasteiger partial charge in [-0.3, -0.25) is 4.79 Å². The van der Waals surface area contributed by atoms with Crippen LogP contribution in [-0.4, -0.2) is 18.5 Å². The number of rotatable bonds is 7. The smallest absolute Gasteiger partial charge is 0.349 e. The molecule has 0 bridgehead atoms. The van der Waals surface area contributed by atoms with Crippen molar-refractivity contribution >= 4 is 22.8 Å². The Morgan fingerprint density at radius 3 is 2.51 bits per heavy atom. The third kappa shape index (κ3) is 5.76. The predicted octanol–water partition coefficient (Wildman–Crippen LogP) is 4.89. The summed E-state index contributed by atoms with van der Waals surface area (Å²) in [5.74, 6) is -0.321. The van der Waals surface area contributed by atoms with Crippen LogP contribution < -0.4 is 20.4 Å². The molecule has 0 aliphatic rings. The van der Waals surface area contributed by atoms with Gasteiger partial charge in [-0.05, 0) is 61.7 Å². The quantitative estimate of drug-likeness (QED) is 0.234. The maximum atomic E-state index is 12.7. The fraction of sp³-hybridized carbons (Fsp3) is 0.179. The topological polar surface area (TPSA) is 94.8 Å². The highest BCUT2D eigenvalue weighted by Crippen LogP contribution is 2.22. The molecule has 178 valence electrons. The van der Waals surface area contributed by atoms with Crippen LogP contribution in [-0.2, 0) is 4.79 Å². The summed E-state index contributed by atoms with van der Waals surface area (Å²) < 4.78 is 16.2. The van der Waals surface area contributed by atoms with Crippen molar-refractivity contribution in [2.45, 2.75) is 26.8 Å². The minimum atomic E-state index is -0.781. The van der Waals surface area contributed by atoms with Crippen molar-refractivity contribution in [2.75, 3.05) is 6.61 Å².